The van der Waals surface area contributed by atoms with Crippen LogP contribution in [-0.2, 0) is 6.54 Å². The van der Waals surface area contributed by atoms with Crippen molar-refractivity contribution in [2.24, 2.45) is 5.73 Å². The molecule has 2 N–H and O–H groups in total. The van der Waals surface area contributed by atoms with Gasteiger partial charge in [-0.2, -0.15) is 4.98 Å². The number of hydrogen-bond donors (Lipinski definition) is 1. The molecule has 0 aliphatic heterocycles. The Morgan fingerprint density at radius 1 is 1.38 bits per heavy atom. The predicted octanol–water partition coefficient (Wildman–Crippen LogP) is 2.47. The molecule has 0 aliphatic carbocycles. The van der Waals surface area contributed by atoms with Crippen molar-refractivity contribution in [2.75, 3.05) is 0 Å². The topological polar surface area (TPSA) is 64.9 Å². The first-order valence-electron chi connectivity index (χ1n) is 4.92. The van der Waals surface area contributed by atoms with Gasteiger partial charge in [0, 0.05) is 10.6 Å². The summed E-state index contributed by atoms with van der Waals surface area (Å²) in [4.78, 5) is 4.20. The van der Waals surface area contributed by atoms with Crippen LogP contribution in [0.15, 0.2) is 16.7 Å². The van der Waals surface area contributed by atoms with Crippen LogP contribution in [0.5, 0.6) is 0 Å². The van der Waals surface area contributed by atoms with E-state index < -0.39 is 0 Å². The minimum atomic E-state index is 0.242. The summed E-state index contributed by atoms with van der Waals surface area (Å²) in [5.74, 6) is 0.965. The van der Waals surface area contributed by atoms with E-state index in [2.05, 4.69) is 10.1 Å². The molecule has 0 bridgehead atoms. The SMILES string of the molecule is Cc1ccc(Cl)c(C)c1-c1noc(CN)n1. The van der Waals surface area contributed by atoms with E-state index in [1.54, 1.807) is 0 Å². The van der Waals surface area contributed by atoms with E-state index in [9.17, 15) is 0 Å². The van der Waals surface area contributed by atoms with Crippen molar-refractivity contribution in [3.8, 4) is 11.4 Å². The number of aromatic nitrogens is 2. The number of nitrogens with two attached hydrogens (primary N) is 1. The van der Waals surface area contributed by atoms with Gasteiger partial charge < -0.3 is 10.3 Å². The maximum atomic E-state index is 6.07. The molecule has 0 radical (unpaired) electrons. The molecule has 0 atom stereocenters. The first-order valence-corrected chi connectivity index (χ1v) is 5.30. The Hall–Kier alpha value is -1.39. The lowest BCUT2D eigenvalue weighted by molar-refractivity contribution is 0.380. The zero-order chi connectivity index (χ0) is 11.7. The Morgan fingerprint density at radius 2 is 2.12 bits per heavy atom. The highest BCUT2D eigenvalue weighted by Crippen LogP contribution is 2.29. The molecule has 0 spiro atoms. The second kappa shape index (κ2) is 4.23. The normalized spacial score (nSPS) is 10.8. The Morgan fingerprint density at radius 3 is 2.75 bits per heavy atom. The molecule has 84 valence electrons. The zero-order valence-corrected chi connectivity index (χ0v) is 9.88. The van der Waals surface area contributed by atoms with Gasteiger partial charge in [-0.25, -0.2) is 0 Å². The van der Waals surface area contributed by atoms with Crippen molar-refractivity contribution >= 4 is 11.6 Å². The van der Waals surface area contributed by atoms with E-state index in [0.29, 0.717) is 16.7 Å². The molecule has 1 aromatic carbocycles. The van der Waals surface area contributed by atoms with Gasteiger partial charge in [-0.15, -0.1) is 0 Å². The van der Waals surface area contributed by atoms with E-state index in [0.717, 1.165) is 16.7 Å². The molecule has 5 heteroatoms. The lowest BCUT2D eigenvalue weighted by atomic mass is 10.0. The molecule has 0 amide bonds. The Bertz CT molecular complexity index is 522. The third-order valence-corrected chi connectivity index (χ3v) is 2.88. The summed E-state index contributed by atoms with van der Waals surface area (Å²) in [6, 6.07) is 3.79. The maximum absolute atomic E-state index is 6.07. The highest BCUT2D eigenvalue weighted by molar-refractivity contribution is 6.31. The fourth-order valence-corrected chi connectivity index (χ4v) is 1.76. The summed E-state index contributed by atoms with van der Waals surface area (Å²) < 4.78 is 4.99. The molecule has 0 fully saturated rings. The van der Waals surface area contributed by atoms with Crippen molar-refractivity contribution in [3.63, 3.8) is 0 Å². The van der Waals surface area contributed by atoms with Gasteiger partial charge in [0.15, 0.2) is 0 Å². The molecular weight excluding hydrogens is 226 g/mol. The van der Waals surface area contributed by atoms with Crippen molar-refractivity contribution < 1.29 is 4.52 Å². The minimum Gasteiger partial charge on any atom is -0.338 e. The summed E-state index contributed by atoms with van der Waals surface area (Å²) in [5, 5.41) is 4.59. The molecule has 0 unspecified atom stereocenters. The molecular formula is C11H12ClN3O. The largest absolute Gasteiger partial charge is 0.338 e. The van der Waals surface area contributed by atoms with Crippen LogP contribution in [0.25, 0.3) is 11.4 Å². The van der Waals surface area contributed by atoms with E-state index in [1.165, 1.54) is 0 Å². The summed E-state index contributed by atoms with van der Waals surface area (Å²) in [7, 11) is 0. The third kappa shape index (κ3) is 1.81. The van der Waals surface area contributed by atoms with Gasteiger partial charge in [-0.3, -0.25) is 0 Å². The average Bonchev–Trinajstić information content (AvgIpc) is 2.73. The van der Waals surface area contributed by atoms with Crippen molar-refractivity contribution in [1.82, 2.24) is 10.1 Å². The lowest BCUT2D eigenvalue weighted by Gasteiger charge is -2.06. The summed E-state index contributed by atoms with van der Waals surface area (Å²) in [6.07, 6.45) is 0. The Balaban J connectivity index is 2.58. The van der Waals surface area contributed by atoms with Crippen LogP contribution in [-0.4, -0.2) is 10.1 Å². The Labute approximate surface area is 98.4 Å². The summed E-state index contributed by atoms with van der Waals surface area (Å²) in [6.45, 7) is 4.16. The van der Waals surface area contributed by atoms with E-state index in [-0.39, 0.29) is 6.54 Å². The second-order valence-electron chi connectivity index (χ2n) is 3.58. The van der Waals surface area contributed by atoms with E-state index in [4.69, 9.17) is 21.9 Å². The predicted molar refractivity (Wildman–Crippen MR) is 62.1 cm³/mol. The van der Waals surface area contributed by atoms with Crippen LogP contribution in [0, 0.1) is 13.8 Å². The molecule has 0 saturated carbocycles. The molecule has 16 heavy (non-hydrogen) atoms. The molecule has 2 rings (SSSR count). The first kappa shape index (κ1) is 11.1. The Kier molecular flexibility index (Phi) is 2.94. The number of benzene rings is 1. The van der Waals surface area contributed by atoms with Gasteiger partial charge in [0.25, 0.3) is 0 Å². The molecule has 0 saturated heterocycles. The van der Waals surface area contributed by atoms with Gasteiger partial charge in [-0.1, -0.05) is 22.8 Å². The standard InChI is InChI=1S/C11H12ClN3O/c1-6-3-4-8(12)7(2)10(6)11-14-9(5-13)16-15-11/h3-4H,5,13H2,1-2H3. The smallest absolute Gasteiger partial charge is 0.240 e. The van der Waals surface area contributed by atoms with Crippen LogP contribution in [0.1, 0.15) is 17.0 Å². The van der Waals surface area contributed by atoms with Gasteiger partial charge in [0.2, 0.25) is 11.7 Å². The fourth-order valence-electron chi connectivity index (χ4n) is 1.61. The van der Waals surface area contributed by atoms with Crippen LogP contribution in [0.2, 0.25) is 5.02 Å². The van der Waals surface area contributed by atoms with Crippen LogP contribution in [0.3, 0.4) is 0 Å². The fraction of sp³-hybridized carbons (Fsp3) is 0.273. The number of halogens is 1. The van der Waals surface area contributed by atoms with E-state index in [1.807, 2.05) is 26.0 Å². The maximum Gasteiger partial charge on any atom is 0.240 e. The highest BCUT2D eigenvalue weighted by Gasteiger charge is 2.14. The summed E-state index contributed by atoms with van der Waals surface area (Å²) >= 11 is 6.07. The quantitative estimate of drug-likeness (QED) is 0.872. The highest BCUT2D eigenvalue weighted by atomic mass is 35.5. The van der Waals surface area contributed by atoms with Gasteiger partial charge in [0.1, 0.15) is 0 Å². The van der Waals surface area contributed by atoms with Gasteiger partial charge in [-0.05, 0) is 31.0 Å². The third-order valence-electron chi connectivity index (χ3n) is 2.47. The molecule has 0 aliphatic rings. The van der Waals surface area contributed by atoms with E-state index >= 15 is 0 Å². The monoisotopic (exact) mass is 237 g/mol. The van der Waals surface area contributed by atoms with Gasteiger partial charge in [0.05, 0.1) is 6.54 Å². The number of nitrogens with zero attached hydrogens (tertiary/aromatic N) is 2. The van der Waals surface area contributed by atoms with Crippen molar-refractivity contribution in [3.05, 3.63) is 34.2 Å². The van der Waals surface area contributed by atoms with Gasteiger partial charge >= 0.3 is 0 Å². The zero-order valence-electron chi connectivity index (χ0n) is 9.12. The lowest BCUT2D eigenvalue weighted by Crippen LogP contribution is -1.96. The molecule has 4 nitrogen and oxygen atoms in total. The van der Waals surface area contributed by atoms with Crippen LogP contribution < -0.4 is 5.73 Å². The average molecular weight is 238 g/mol. The van der Waals surface area contributed by atoms with Crippen molar-refractivity contribution in [1.29, 1.82) is 0 Å². The van der Waals surface area contributed by atoms with Crippen LogP contribution in [0.4, 0.5) is 0 Å². The number of hydrogen-bond acceptors (Lipinski definition) is 4. The molecule has 1 heterocycles. The molecule has 1 aromatic heterocycles. The minimum absolute atomic E-state index is 0.242. The summed E-state index contributed by atoms with van der Waals surface area (Å²) in [5.41, 5.74) is 8.35. The molecule has 2 aromatic rings. The second-order valence-corrected chi connectivity index (χ2v) is 3.99. The first-order chi connectivity index (χ1) is 7.63. The van der Waals surface area contributed by atoms with Crippen LogP contribution >= 0.6 is 11.6 Å². The number of rotatable bonds is 2. The number of aryl methyl sites for hydroxylation is 1. The van der Waals surface area contributed by atoms with Crippen molar-refractivity contribution in [2.45, 2.75) is 20.4 Å².